The highest BCUT2D eigenvalue weighted by Gasteiger charge is 2.66. The molecule has 0 radical (unpaired) electrons. The van der Waals surface area contributed by atoms with E-state index in [2.05, 4.69) is 0 Å². The molecule has 1 aromatic rings. The number of carbonyl (C=O) groups excluding carboxylic acids is 1. The van der Waals surface area contributed by atoms with E-state index in [0.29, 0.717) is 23.3 Å². The molecule has 0 saturated carbocycles. The van der Waals surface area contributed by atoms with Gasteiger partial charge in [0.15, 0.2) is 0 Å². The Hall–Kier alpha value is -1.66. The number of ether oxygens (including phenoxy) is 1. The molecule has 0 amide bonds. The zero-order valence-corrected chi connectivity index (χ0v) is 16.2. The Labute approximate surface area is 153 Å². The van der Waals surface area contributed by atoms with Crippen LogP contribution in [0, 0.1) is 11.3 Å². The maximum Gasteiger partial charge on any atom is 0.336 e. The van der Waals surface area contributed by atoms with E-state index in [1.165, 1.54) is 6.07 Å². The van der Waals surface area contributed by atoms with Crippen LogP contribution in [0.4, 0.5) is 0 Å². The van der Waals surface area contributed by atoms with Gasteiger partial charge >= 0.3 is 11.6 Å². The van der Waals surface area contributed by atoms with Gasteiger partial charge < -0.3 is 19.4 Å². The van der Waals surface area contributed by atoms with Crippen LogP contribution in [-0.4, -0.2) is 28.4 Å². The molecule has 2 aliphatic rings. The lowest BCUT2D eigenvalue weighted by atomic mass is 9.52. The number of fused-ring (bicyclic) bond motifs is 2. The lowest BCUT2D eigenvalue weighted by molar-refractivity contribution is -0.151. The predicted molar refractivity (Wildman–Crippen MR) is 94.8 cm³/mol. The van der Waals surface area contributed by atoms with Crippen molar-refractivity contribution in [1.29, 1.82) is 0 Å². The Morgan fingerprint density at radius 2 is 1.85 bits per heavy atom. The second kappa shape index (κ2) is 5.92. The number of hydrogen-bond donors (Lipinski definition) is 2. The summed E-state index contributed by atoms with van der Waals surface area (Å²) in [6.45, 7) is 10.9. The van der Waals surface area contributed by atoms with Gasteiger partial charge in [0.1, 0.15) is 18.0 Å². The zero-order valence-electron chi connectivity index (χ0n) is 16.2. The molecular weight excluding hydrogens is 336 g/mol. The molecule has 3 rings (SSSR count). The normalized spacial score (nSPS) is 37.3. The van der Waals surface area contributed by atoms with Crippen LogP contribution in [0.15, 0.2) is 15.3 Å². The first kappa shape index (κ1) is 19.1. The van der Waals surface area contributed by atoms with Crippen LogP contribution in [0.5, 0.6) is 0 Å². The van der Waals surface area contributed by atoms with E-state index in [1.54, 1.807) is 6.92 Å². The number of esters is 1. The summed E-state index contributed by atoms with van der Waals surface area (Å²) in [5.74, 6) is -0.598. The summed E-state index contributed by atoms with van der Waals surface area (Å²) in [6, 6.07) is 1.35. The minimum absolute atomic E-state index is 0.142. The molecule has 2 heterocycles. The molecule has 0 aromatic carbocycles. The lowest BCUT2D eigenvalue weighted by Gasteiger charge is -2.50. The van der Waals surface area contributed by atoms with Crippen LogP contribution < -0.4 is 5.63 Å². The number of aliphatic hydroxyl groups is 2. The first-order valence-corrected chi connectivity index (χ1v) is 9.25. The molecule has 1 saturated heterocycles. The fraction of sp³-hybridized carbons (Fsp3) is 0.700. The molecule has 6 atom stereocenters. The molecule has 1 aromatic heterocycles. The van der Waals surface area contributed by atoms with Gasteiger partial charge in [-0.2, -0.15) is 0 Å². The molecule has 1 aliphatic heterocycles. The fourth-order valence-corrected chi connectivity index (χ4v) is 4.95. The summed E-state index contributed by atoms with van der Waals surface area (Å²) in [5.41, 5.74) is -1.29. The third-order valence-electron chi connectivity index (χ3n) is 6.71. The van der Waals surface area contributed by atoms with E-state index >= 15 is 0 Å². The van der Waals surface area contributed by atoms with Crippen molar-refractivity contribution in [2.24, 2.45) is 11.3 Å². The summed E-state index contributed by atoms with van der Waals surface area (Å²) >= 11 is 0. The van der Waals surface area contributed by atoms with Crippen LogP contribution in [0.2, 0.25) is 0 Å². The van der Waals surface area contributed by atoms with Crippen LogP contribution >= 0.6 is 0 Å². The van der Waals surface area contributed by atoms with Gasteiger partial charge in [-0.25, -0.2) is 4.79 Å². The van der Waals surface area contributed by atoms with Crippen molar-refractivity contribution >= 4 is 5.97 Å². The van der Waals surface area contributed by atoms with E-state index in [0.717, 1.165) is 0 Å². The molecular formula is C20H28O6. The Morgan fingerprint density at radius 1 is 1.23 bits per heavy atom. The van der Waals surface area contributed by atoms with E-state index in [1.807, 2.05) is 34.6 Å². The first-order chi connectivity index (χ1) is 12.0. The van der Waals surface area contributed by atoms with E-state index in [9.17, 15) is 19.8 Å². The van der Waals surface area contributed by atoms with E-state index < -0.39 is 40.7 Å². The second-order valence-electron chi connectivity index (χ2n) is 8.43. The molecule has 2 N–H and O–H groups in total. The fourth-order valence-electron chi connectivity index (χ4n) is 4.95. The molecule has 6 heteroatoms. The van der Waals surface area contributed by atoms with Crippen LogP contribution in [0.1, 0.15) is 76.9 Å². The largest absolute Gasteiger partial charge is 0.458 e. The summed E-state index contributed by atoms with van der Waals surface area (Å²) < 4.78 is 11.0. The lowest BCUT2D eigenvalue weighted by Crippen LogP contribution is -2.56. The molecule has 6 nitrogen and oxygen atoms in total. The van der Waals surface area contributed by atoms with Gasteiger partial charge in [0.2, 0.25) is 0 Å². The SMILES string of the molecule is CC[C@]1(C)C(=O)OC2C1[C@](C)([C@@H](C)O)c1cc(=O)oc(C(C)C)c1[C@H]2O. The summed E-state index contributed by atoms with van der Waals surface area (Å²) in [4.78, 5) is 24.9. The van der Waals surface area contributed by atoms with Crippen molar-refractivity contribution in [3.8, 4) is 0 Å². The van der Waals surface area contributed by atoms with Gasteiger partial charge in [-0.05, 0) is 25.8 Å². The van der Waals surface area contributed by atoms with Gasteiger partial charge in [-0.1, -0.05) is 27.7 Å². The molecule has 2 unspecified atom stereocenters. The van der Waals surface area contributed by atoms with Crippen molar-refractivity contribution < 1.29 is 24.2 Å². The maximum absolute atomic E-state index is 12.7. The topological polar surface area (TPSA) is 97.0 Å². The highest BCUT2D eigenvalue weighted by molar-refractivity contribution is 5.80. The monoisotopic (exact) mass is 364 g/mol. The van der Waals surface area contributed by atoms with Crippen LogP contribution in [-0.2, 0) is 14.9 Å². The molecule has 1 fully saturated rings. The van der Waals surface area contributed by atoms with Gasteiger partial charge in [-0.3, -0.25) is 4.79 Å². The average molecular weight is 364 g/mol. The summed E-state index contributed by atoms with van der Waals surface area (Å²) in [7, 11) is 0. The standard InChI is InChI=1S/C20H28O6/c1-7-19(5)17-16(26-18(19)24)14(23)13-11(20(17,6)10(4)21)8-12(22)25-15(13)9(2)3/h8-10,14,16-17,21,23H,7H2,1-6H3/t10-,14-,16?,17?,19+,20-/m1/s1. The van der Waals surface area contributed by atoms with Crippen molar-refractivity contribution in [2.75, 3.05) is 0 Å². The summed E-state index contributed by atoms with van der Waals surface area (Å²) in [6.07, 6.45) is -2.23. The number of carbonyl (C=O) groups is 1. The smallest absolute Gasteiger partial charge is 0.336 e. The highest BCUT2D eigenvalue weighted by atomic mass is 16.6. The Balaban J connectivity index is 2.40. The van der Waals surface area contributed by atoms with Gasteiger partial charge in [0.05, 0.1) is 11.5 Å². The zero-order chi connectivity index (χ0) is 19.6. The van der Waals surface area contributed by atoms with Crippen LogP contribution in [0.25, 0.3) is 0 Å². The quantitative estimate of drug-likeness (QED) is 0.800. The average Bonchev–Trinajstić information content (AvgIpc) is 2.84. The third-order valence-corrected chi connectivity index (χ3v) is 6.71. The molecule has 1 aliphatic carbocycles. The third kappa shape index (κ3) is 2.24. The predicted octanol–water partition coefficient (Wildman–Crippen LogP) is 2.41. The maximum atomic E-state index is 12.7. The first-order valence-electron chi connectivity index (χ1n) is 9.25. The second-order valence-corrected chi connectivity index (χ2v) is 8.43. The Morgan fingerprint density at radius 3 is 2.35 bits per heavy atom. The Bertz CT molecular complexity index is 794. The Kier molecular flexibility index (Phi) is 4.36. The molecule has 144 valence electrons. The van der Waals surface area contributed by atoms with Gasteiger partial charge in [0.25, 0.3) is 0 Å². The van der Waals surface area contributed by atoms with Crippen molar-refractivity contribution in [2.45, 2.75) is 77.6 Å². The number of rotatable bonds is 3. The molecule has 26 heavy (non-hydrogen) atoms. The highest BCUT2D eigenvalue weighted by Crippen LogP contribution is 2.60. The van der Waals surface area contributed by atoms with Gasteiger partial charge in [0, 0.05) is 28.9 Å². The van der Waals surface area contributed by atoms with Crippen LogP contribution in [0.3, 0.4) is 0 Å². The minimum Gasteiger partial charge on any atom is -0.458 e. The molecule has 0 spiro atoms. The van der Waals surface area contributed by atoms with Crippen molar-refractivity contribution in [1.82, 2.24) is 0 Å². The minimum atomic E-state index is -1.10. The summed E-state index contributed by atoms with van der Waals surface area (Å²) in [5, 5.41) is 21.9. The number of hydrogen-bond acceptors (Lipinski definition) is 6. The van der Waals surface area contributed by atoms with Crippen molar-refractivity contribution in [3.63, 3.8) is 0 Å². The number of aliphatic hydroxyl groups excluding tert-OH is 2. The van der Waals surface area contributed by atoms with Crippen molar-refractivity contribution in [3.05, 3.63) is 33.4 Å². The van der Waals surface area contributed by atoms with E-state index in [-0.39, 0.29) is 11.9 Å². The molecule has 0 bridgehead atoms. The van der Waals surface area contributed by atoms with Gasteiger partial charge in [-0.15, -0.1) is 0 Å². The van der Waals surface area contributed by atoms with E-state index in [4.69, 9.17) is 9.15 Å².